The van der Waals surface area contributed by atoms with Gasteiger partial charge in [0.25, 0.3) is 0 Å². The number of aryl methyl sites for hydroxylation is 1. The van der Waals surface area contributed by atoms with E-state index in [4.69, 9.17) is 5.11 Å². The van der Waals surface area contributed by atoms with E-state index in [1.807, 2.05) is 30.3 Å². The number of phenols is 1. The first-order chi connectivity index (χ1) is 13.3. The van der Waals surface area contributed by atoms with Gasteiger partial charge in [0.05, 0.1) is 0 Å². The minimum Gasteiger partial charge on any atom is -0.508 e. The lowest BCUT2D eigenvalue weighted by atomic mass is 9.86. The van der Waals surface area contributed by atoms with Gasteiger partial charge in [-0.1, -0.05) is 42.5 Å². The summed E-state index contributed by atoms with van der Waals surface area (Å²) in [5.41, 5.74) is 2.99. The molecule has 0 radical (unpaired) electrons. The van der Waals surface area contributed by atoms with Crippen molar-refractivity contribution in [2.45, 2.75) is 65.0 Å². The van der Waals surface area contributed by atoms with Gasteiger partial charge in [-0.15, -0.1) is 0 Å². The minimum absolute atomic E-state index is 0.0611. The predicted molar refractivity (Wildman–Crippen MR) is 114 cm³/mol. The monoisotopic (exact) mass is 383 g/mol. The molecule has 0 aliphatic rings. The maximum Gasteiger partial charge on any atom is 0.303 e. The topological polar surface area (TPSA) is 60.8 Å². The average molecular weight is 384 g/mol. The standard InChI is InChI=1S/C24H33NO3/c1-17(2)25(18(3)4)15-14-21(20-8-6-5-7-9-20)22-16-19(10-12-23(22)26)11-13-24(27)28/h5-10,12,16-18,21,26H,11,13-15H2,1-4H3,(H,27,28)/t21-/m1/s1. The molecule has 4 heteroatoms. The second kappa shape index (κ2) is 10.3. The fraction of sp³-hybridized carbons (Fsp3) is 0.458. The van der Waals surface area contributed by atoms with Gasteiger partial charge >= 0.3 is 5.97 Å². The molecule has 0 aliphatic heterocycles. The minimum atomic E-state index is -0.807. The number of rotatable bonds is 10. The second-order valence-electron chi connectivity index (χ2n) is 7.96. The third-order valence-electron chi connectivity index (χ3n) is 5.30. The van der Waals surface area contributed by atoms with Gasteiger partial charge in [0, 0.05) is 30.0 Å². The zero-order valence-electron chi connectivity index (χ0n) is 17.4. The Morgan fingerprint density at radius 3 is 2.21 bits per heavy atom. The van der Waals surface area contributed by atoms with Crippen LogP contribution in [0.1, 0.15) is 63.1 Å². The molecule has 1 atom stereocenters. The first-order valence-electron chi connectivity index (χ1n) is 10.1. The Morgan fingerprint density at radius 1 is 1.00 bits per heavy atom. The summed E-state index contributed by atoms with van der Waals surface area (Å²) in [4.78, 5) is 13.4. The Kier molecular flexibility index (Phi) is 8.06. The van der Waals surface area contributed by atoms with Crippen molar-refractivity contribution in [3.63, 3.8) is 0 Å². The number of benzene rings is 2. The predicted octanol–water partition coefficient (Wildman–Crippen LogP) is 5.05. The molecule has 4 nitrogen and oxygen atoms in total. The molecule has 0 aliphatic carbocycles. The number of hydrogen-bond donors (Lipinski definition) is 2. The largest absolute Gasteiger partial charge is 0.508 e. The summed E-state index contributed by atoms with van der Waals surface area (Å²) in [5.74, 6) is -0.474. The van der Waals surface area contributed by atoms with Crippen molar-refractivity contribution < 1.29 is 15.0 Å². The molecule has 0 unspecified atom stereocenters. The molecule has 2 N–H and O–H groups in total. The lowest BCUT2D eigenvalue weighted by Crippen LogP contribution is -2.38. The smallest absolute Gasteiger partial charge is 0.303 e. The van der Waals surface area contributed by atoms with Crippen molar-refractivity contribution in [1.82, 2.24) is 4.90 Å². The Balaban J connectivity index is 2.34. The van der Waals surface area contributed by atoms with Gasteiger partial charge in [-0.3, -0.25) is 9.69 Å². The van der Waals surface area contributed by atoms with Crippen LogP contribution in [0, 0.1) is 0 Å². The fourth-order valence-electron chi connectivity index (χ4n) is 3.87. The quantitative estimate of drug-likeness (QED) is 0.603. The second-order valence-corrected chi connectivity index (χ2v) is 7.96. The van der Waals surface area contributed by atoms with E-state index in [0.717, 1.165) is 24.1 Å². The first kappa shape index (κ1) is 22.0. The van der Waals surface area contributed by atoms with Crippen molar-refractivity contribution >= 4 is 5.97 Å². The van der Waals surface area contributed by atoms with Gasteiger partial charge < -0.3 is 10.2 Å². The van der Waals surface area contributed by atoms with E-state index >= 15 is 0 Å². The molecule has 2 aromatic carbocycles. The first-order valence-corrected chi connectivity index (χ1v) is 10.1. The van der Waals surface area contributed by atoms with Crippen LogP contribution in [0.5, 0.6) is 5.75 Å². The molecule has 2 aromatic rings. The Labute approximate surface area is 168 Å². The van der Waals surface area contributed by atoms with Crippen molar-refractivity contribution in [3.8, 4) is 5.75 Å². The molecular weight excluding hydrogens is 350 g/mol. The van der Waals surface area contributed by atoms with E-state index in [-0.39, 0.29) is 18.1 Å². The third kappa shape index (κ3) is 6.10. The highest BCUT2D eigenvalue weighted by molar-refractivity contribution is 5.67. The number of carbonyl (C=O) groups is 1. The lowest BCUT2D eigenvalue weighted by molar-refractivity contribution is -0.136. The van der Waals surface area contributed by atoms with Crippen molar-refractivity contribution in [1.29, 1.82) is 0 Å². The highest BCUT2D eigenvalue weighted by Gasteiger charge is 2.21. The van der Waals surface area contributed by atoms with Crippen molar-refractivity contribution in [2.75, 3.05) is 6.54 Å². The SMILES string of the molecule is CC(C)N(CC[C@H](c1ccccc1)c1cc(CCC(=O)O)ccc1O)C(C)C. The number of nitrogens with zero attached hydrogens (tertiary/aromatic N) is 1. The summed E-state index contributed by atoms with van der Waals surface area (Å²) in [5, 5.41) is 19.6. The highest BCUT2D eigenvalue weighted by atomic mass is 16.4. The Bertz CT molecular complexity index is 748. The molecule has 0 saturated carbocycles. The number of aliphatic carboxylic acids is 1. The van der Waals surface area contributed by atoms with Crippen LogP contribution in [-0.2, 0) is 11.2 Å². The van der Waals surface area contributed by atoms with Gasteiger partial charge in [-0.2, -0.15) is 0 Å². The molecule has 0 bridgehead atoms. The van der Waals surface area contributed by atoms with Crippen LogP contribution >= 0.6 is 0 Å². The van der Waals surface area contributed by atoms with E-state index in [1.54, 1.807) is 6.07 Å². The van der Waals surface area contributed by atoms with E-state index < -0.39 is 5.97 Å². The number of hydrogen-bond acceptors (Lipinski definition) is 3. The van der Waals surface area contributed by atoms with Crippen LogP contribution in [0.3, 0.4) is 0 Å². The van der Waals surface area contributed by atoms with Crippen molar-refractivity contribution in [3.05, 3.63) is 65.2 Å². The van der Waals surface area contributed by atoms with Gasteiger partial charge in [-0.05, 0) is 64.3 Å². The highest BCUT2D eigenvalue weighted by Crippen LogP contribution is 2.35. The van der Waals surface area contributed by atoms with E-state index in [0.29, 0.717) is 18.5 Å². The zero-order chi connectivity index (χ0) is 20.7. The lowest BCUT2D eigenvalue weighted by Gasteiger charge is -2.32. The average Bonchev–Trinajstić information content (AvgIpc) is 2.65. The van der Waals surface area contributed by atoms with Gasteiger partial charge in [-0.25, -0.2) is 0 Å². The molecule has 0 spiro atoms. The summed E-state index contributed by atoms with van der Waals surface area (Å²) in [6.45, 7) is 9.76. The molecule has 0 fully saturated rings. The molecule has 0 amide bonds. The molecule has 28 heavy (non-hydrogen) atoms. The van der Waals surface area contributed by atoms with Crippen LogP contribution in [0.2, 0.25) is 0 Å². The zero-order valence-corrected chi connectivity index (χ0v) is 17.4. The van der Waals surface area contributed by atoms with E-state index in [2.05, 4.69) is 44.7 Å². The summed E-state index contributed by atoms with van der Waals surface area (Å²) in [7, 11) is 0. The molecule has 0 heterocycles. The molecule has 2 rings (SSSR count). The number of carboxylic acids is 1. The summed E-state index contributed by atoms with van der Waals surface area (Å²) < 4.78 is 0. The Hall–Kier alpha value is -2.33. The third-order valence-corrected chi connectivity index (χ3v) is 5.30. The van der Waals surface area contributed by atoms with Gasteiger partial charge in [0.1, 0.15) is 5.75 Å². The Morgan fingerprint density at radius 2 is 1.64 bits per heavy atom. The summed E-state index contributed by atoms with van der Waals surface area (Å²) >= 11 is 0. The van der Waals surface area contributed by atoms with Crippen molar-refractivity contribution in [2.24, 2.45) is 0 Å². The number of aromatic hydroxyl groups is 1. The van der Waals surface area contributed by atoms with Crippen LogP contribution in [0.15, 0.2) is 48.5 Å². The van der Waals surface area contributed by atoms with E-state index in [1.165, 1.54) is 5.56 Å². The maximum atomic E-state index is 10.9. The number of phenolic OH excluding ortho intramolecular Hbond substituents is 1. The van der Waals surface area contributed by atoms with Gasteiger partial charge in [0.2, 0.25) is 0 Å². The molecular formula is C24H33NO3. The van der Waals surface area contributed by atoms with Crippen LogP contribution < -0.4 is 0 Å². The normalized spacial score (nSPS) is 12.7. The number of carboxylic acid groups (broad SMARTS) is 1. The van der Waals surface area contributed by atoms with Crippen LogP contribution in [0.4, 0.5) is 0 Å². The fourth-order valence-corrected chi connectivity index (χ4v) is 3.87. The molecule has 0 aromatic heterocycles. The van der Waals surface area contributed by atoms with Crippen LogP contribution in [-0.4, -0.2) is 39.7 Å². The van der Waals surface area contributed by atoms with E-state index in [9.17, 15) is 9.90 Å². The molecule has 152 valence electrons. The summed E-state index contributed by atoms with van der Waals surface area (Å²) in [6.07, 6.45) is 1.44. The molecule has 0 saturated heterocycles. The van der Waals surface area contributed by atoms with Gasteiger partial charge in [0.15, 0.2) is 0 Å². The maximum absolute atomic E-state index is 10.9. The van der Waals surface area contributed by atoms with Crippen LogP contribution in [0.25, 0.3) is 0 Å². The summed E-state index contributed by atoms with van der Waals surface area (Å²) in [6, 6.07) is 16.6.